The van der Waals surface area contributed by atoms with Gasteiger partial charge in [0.15, 0.2) is 5.69 Å². The van der Waals surface area contributed by atoms with Gasteiger partial charge in [0.25, 0.3) is 0 Å². The van der Waals surface area contributed by atoms with Crippen molar-refractivity contribution >= 4 is 6.09 Å². The highest BCUT2D eigenvalue weighted by Crippen LogP contribution is 2.41. The van der Waals surface area contributed by atoms with Crippen LogP contribution in [0, 0.1) is 0 Å². The van der Waals surface area contributed by atoms with Crippen molar-refractivity contribution in [2.24, 2.45) is 0 Å². The summed E-state index contributed by atoms with van der Waals surface area (Å²) in [6.07, 6.45) is -9.47. The zero-order chi connectivity index (χ0) is 25.5. The minimum atomic E-state index is -4.73. The van der Waals surface area contributed by atoms with Gasteiger partial charge in [0.05, 0.1) is 17.3 Å². The molecule has 0 radical (unpaired) electrons. The molecular formula is C23H27F6N3O2. The zero-order valence-electron chi connectivity index (χ0n) is 19.3. The number of nitrogens with zero attached hydrogens (tertiary/aromatic N) is 3. The van der Waals surface area contributed by atoms with Crippen molar-refractivity contribution in [1.82, 2.24) is 14.5 Å². The van der Waals surface area contributed by atoms with E-state index in [1.807, 2.05) is 0 Å². The van der Waals surface area contributed by atoms with Crippen molar-refractivity contribution < 1.29 is 35.9 Å². The lowest BCUT2D eigenvalue weighted by atomic mass is 9.98. The minimum absolute atomic E-state index is 0.0581. The lowest BCUT2D eigenvalue weighted by Gasteiger charge is -2.38. The van der Waals surface area contributed by atoms with Crippen LogP contribution < -0.4 is 0 Å². The van der Waals surface area contributed by atoms with Crippen LogP contribution in [0.1, 0.15) is 68.5 Å². The van der Waals surface area contributed by atoms with Crippen LogP contribution in [0.3, 0.4) is 0 Å². The van der Waals surface area contributed by atoms with Gasteiger partial charge >= 0.3 is 18.4 Å². The zero-order valence-corrected chi connectivity index (χ0v) is 19.3. The van der Waals surface area contributed by atoms with Crippen LogP contribution in [0.25, 0.3) is 0 Å². The van der Waals surface area contributed by atoms with E-state index >= 15 is 0 Å². The Morgan fingerprint density at radius 1 is 1.03 bits per heavy atom. The molecule has 2 aromatic rings. The second-order valence-electron chi connectivity index (χ2n) is 9.19. The molecule has 2 heterocycles. The topological polar surface area (TPSA) is 47.4 Å². The summed E-state index contributed by atoms with van der Waals surface area (Å²) in [5.41, 5.74) is -2.32. The van der Waals surface area contributed by atoms with Gasteiger partial charge in [0.1, 0.15) is 11.4 Å². The Morgan fingerprint density at radius 2 is 1.65 bits per heavy atom. The third kappa shape index (κ3) is 5.67. The molecule has 0 N–H and O–H groups in total. The van der Waals surface area contributed by atoms with Crippen LogP contribution in [0.5, 0.6) is 0 Å². The van der Waals surface area contributed by atoms with Crippen LogP contribution in [0.4, 0.5) is 31.1 Å². The SMILES string of the molecule is CCc1nc(C(F)(F)F)c2n1CCN(C(=O)OC(C)(C)C)C2CCc1ccc(C(F)(F)F)cc1. The van der Waals surface area contributed by atoms with Gasteiger partial charge in [-0.15, -0.1) is 0 Å². The maximum Gasteiger partial charge on any atom is 0.435 e. The minimum Gasteiger partial charge on any atom is -0.444 e. The summed E-state index contributed by atoms with van der Waals surface area (Å²) >= 11 is 0. The first-order valence-electron chi connectivity index (χ1n) is 10.9. The second kappa shape index (κ2) is 9.14. The normalized spacial score (nSPS) is 17.0. The Labute approximate surface area is 193 Å². The molecule has 11 heteroatoms. The average molecular weight is 491 g/mol. The largest absolute Gasteiger partial charge is 0.444 e. The highest BCUT2D eigenvalue weighted by atomic mass is 19.4. The summed E-state index contributed by atoms with van der Waals surface area (Å²) in [7, 11) is 0. The van der Waals surface area contributed by atoms with Crippen molar-refractivity contribution in [3.8, 4) is 0 Å². The van der Waals surface area contributed by atoms with Gasteiger partial charge in [-0.25, -0.2) is 9.78 Å². The molecule has 188 valence electrons. The van der Waals surface area contributed by atoms with Crippen molar-refractivity contribution in [3.05, 3.63) is 52.6 Å². The van der Waals surface area contributed by atoms with E-state index < -0.39 is 41.3 Å². The van der Waals surface area contributed by atoms with E-state index in [1.165, 1.54) is 21.6 Å². The summed E-state index contributed by atoms with van der Waals surface area (Å²) in [6, 6.07) is 3.45. The number of benzene rings is 1. The number of carbonyl (C=O) groups is 1. The third-order valence-corrected chi connectivity index (χ3v) is 5.54. The fourth-order valence-corrected chi connectivity index (χ4v) is 4.09. The first kappa shape index (κ1) is 25.9. The molecule has 0 aliphatic carbocycles. The van der Waals surface area contributed by atoms with E-state index in [0.717, 1.165) is 12.1 Å². The molecule has 0 saturated heterocycles. The predicted molar refractivity (Wildman–Crippen MR) is 112 cm³/mol. The maximum atomic E-state index is 13.9. The van der Waals surface area contributed by atoms with Crippen molar-refractivity contribution in [2.45, 2.75) is 77.5 Å². The maximum absolute atomic E-state index is 13.9. The smallest absolute Gasteiger partial charge is 0.435 e. The molecule has 0 saturated carbocycles. The van der Waals surface area contributed by atoms with Crippen LogP contribution >= 0.6 is 0 Å². The number of carbonyl (C=O) groups excluding carboxylic acids is 1. The molecule has 1 aliphatic rings. The first-order valence-corrected chi connectivity index (χ1v) is 10.9. The lowest BCUT2D eigenvalue weighted by molar-refractivity contribution is -0.142. The summed E-state index contributed by atoms with van der Waals surface area (Å²) in [5.74, 6) is 0.269. The second-order valence-corrected chi connectivity index (χ2v) is 9.19. The number of imidazole rings is 1. The lowest BCUT2D eigenvalue weighted by Crippen LogP contribution is -2.45. The Hall–Kier alpha value is -2.72. The van der Waals surface area contributed by atoms with E-state index in [-0.39, 0.29) is 43.9 Å². The van der Waals surface area contributed by atoms with Gasteiger partial charge in [-0.1, -0.05) is 19.1 Å². The number of aryl methyl sites for hydroxylation is 2. The van der Waals surface area contributed by atoms with E-state index in [9.17, 15) is 31.1 Å². The van der Waals surface area contributed by atoms with Crippen molar-refractivity contribution in [1.29, 1.82) is 0 Å². The quantitative estimate of drug-likeness (QED) is 0.465. The number of amides is 1. The number of alkyl halides is 6. The third-order valence-electron chi connectivity index (χ3n) is 5.54. The number of rotatable bonds is 4. The Morgan fingerprint density at radius 3 is 2.15 bits per heavy atom. The fourth-order valence-electron chi connectivity index (χ4n) is 4.09. The number of aromatic nitrogens is 2. The van der Waals surface area contributed by atoms with Gasteiger partial charge in [-0.3, -0.25) is 4.90 Å². The predicted octanol–water partition coefficient (Wildman–Crippen LogP) is 6.41. The molecule has 1 aromatic heterocycles. The number of fused-ring (bicyclic) bond motifs is 1. The number of ether oxygens (including phenoxy) is 1. The molecule has 1 unspecified atom stereocenters. The summed E-state index contributed by atoms with van der Waals surface area (Å²) in [6.45, 7) is 6.94. The monoisotopic (exact) mass is 491 g/mol. The van der Waals surface area contributed by atoms with Crippen LogP contribution in [-0.4, -0.2) is 32.7 Å². The number of hydrogen-bond donors (Lipinski definition) is 0. The summed E-state index contributed by atoms with van der Waals surface area (Å²) < 4.78 is 87.2. The first-order chi connectivity index (χ1) is 15.6. The van der Waals surface area contributed by atoms with E-state index in [2.05, 4.69) is 4.98 Å². The van der Waals surface area contributed by atoms with Gasteiger partial charge in [-0.05, 0) is 51.3 Å². The van der Waals surface area contributed by atoms with Crippen LogP contribution in [0.15, 0.2) is 24.3 Å². The Balaban J connectivity index is 1.98. The average Bonchev–Trinajstić information content (AvgIpc) is 3.10. The standard InChI is InChI=1S/C23H27F6N3O2/c1-5-17-30-19(23(27,28)29)18-16(11-8-14-6-9-15(10-7-14)22(24,25)26)31(12-13-32(17)18)20(33)34-21(2,3)4/h6-7,9-10,16H,5,8,11-13H2,1-4H3. The van der Waals surface area contributed by atoms with Crippen molar-refractivity contribution in [3.63, 3.8) is 0 Å². The Kier molecular flexibility index (Phi) is 6.96. The molecule has 1 amide bonds. The summed E-state index contributed by atoms with van der Waals surface area (Å²) in [5, 5.41) is 0. The van der Waals surface area contributed by atoms with Crippen LogP contribution in [-0.2, 0) is 36.5 Å². The molecule has 1 aromatic carbocycles. The Bertz CT molecular complexity index is 1020. The number of hydrogen-bond acceptors (Lipinski definition) is 3. The fraction of sp³-hybridized carbons (Fsp3) is 0.565. The van der Waals surface area contributed by atoms with Gasteiger partial charge in [0.2, 0.25) is 0 Å². The molecule has 0 bridgehead atoms. The van der Waals surface area contributed by atoms with E-state index in [0.29, 0.717) is 5.56 Å². The molecule has 1 atom stereocenters. The highest BCUT2D eigenvalue weighted by molar-refractivity contribution is 5.69. The van der Waals surface area contributed by atoms with E-state index in [1.54, 1.807) is 27.7 Å². The van der Waals surface area contributed by atoms with Gasteiger partial charge in [-0.2, -0.15) is 26.3 Å². The number of halogens is 6. The molecular weight excluding hydrogens is 464 g/mol. The van der Waals surface area contributed by atoms with Crippen LogP contribution in [0.2, 0.25) is 0 Å². The van der Waals surface area contributed by atoms with E-state index in [4.69, 9.17) is 4.74 Å². The molecule has 5 nitrogen and oxygen atoms in total. The molecule has 0 spiro atoms. The highest BCUT2D eigenvalue weighted by Gasteiger charge is 2.45. The molecule has 34 heavy (non-hydrogen) atoms. The molecule has 1 aliphatic heterocycles. The summed E-state index contributed by atoms with van der Waals surface area (Å²) in [4.78, 5) is 18.0. The van der Waals surface area contributed by atoms with Gasteiger partial charge < -0.3 is 9.30 Å². The molecule has 3 rings (SSSR count). The van der Waals surface area contributed by atoms with Gasteiger partial charge in [0, 0.05) is 19.5 Å². The van der Waals surface area contributed by atoms with Crippen molar-refractivity contribution in [2.75, 3.05) is 6.54 Å². The molecule has 0 fully saturated rings.